The average Bonchev–Trinajstić information content (AvgIpc) is 2.61. The second-order valence-electron chi connectivity index (χ2n) is 4.85. The van der Waals surface area contributed by atoms with Gasteiger partial charge >= 0.3 is 5.97 Å². The van der Waals surface area contributed by atoms with Gasteiger partial charge in [0.2, 0.25) is 0 Å². The Morgan fingerprint density at radius 1 is 1.17 bits per heavy atom. The fourth-order valence-electron chi connectivity index (χ4n) is 1.92. The first-order chi connectivity index (χ1) is 11.6. The molecule has 6 nitrogen and oxygen atoms in total. The van der Waals surface area contributed by atoms with Gasteiger partial charge < -0.3 is 15.4 Å². The number of nitrogens with one attached hydrogen (secondary N) is 2. The first-order valence-electron chi connectivity index (χ1n) is 7.53. The molecule has 0 bridgehead atoms. The third-order valence-electron chi connectivity index (χ3n) is 3.11. The molecule has 1 amide bonds. The largest absolute Gasteiger partial charge is 0.462 e. The van der Waals surface area contributed by atoms with Crippen molar-refractivity contribution in [2.75, 3.05) is 23.8 Å². The fraction of sp³-hybridized carbons (Fsp3) is 0.167. The zero-order valence-corrected chi connectivity index (χ0v) is 13.4. The summed E-state index contributed by atoms with van der Waals surface area (Å²) in [6, 6.07) is 9.92. The van der Waals surface area contributed by atoms with Crippen LogP contribution < -0.4 is 10.6 Å². The standard InChI is InChI=1S/C18H19N3O3/c1-3-11-19-16-10-7-14(12-20-16)17(22)21-15-8-5-13(6-9-15)18(23)24-4-2/h3,5-10,12H,1,4,11H2,2H3,(H,19,20)(H,21,22). The maximum atomic E-state index is 12.2. The number of amides is 1. The van der Waals surface area contributed by atoms with Gasteiger partial charge in [-0.05, 0) is 43.3 Å². The Morgan fingerprint density at radius 3 is 2.46 bits per heavy atom. The fourth-order valence-corrected chi connectivity index (χ4v) is 1.92. The van der Waals surface area contributed by atoms with Crippen molar-refractivity contribution < 1.29 is 14.3 Å². The number of nitrogens with zero attached hydrogens (tertiary/aromatic N) is 1. The van der Waals surface area contributed by atoms with Gasteiger partial charge in [-0.3, -0.25) is 4.79 Å². The van der Waals surface area contributed by atoms with Crippen molar-refractivity contribution in [2.24, 2.45) is 0 Å². The molecule has 0 fully saturated rings. The number of hydrogen-bond donors (Lipinski definition) is 2. The van der Waals surface area contributed by atoms with E-state index in [0.29, 0.717) is 35.8 Å². The quantitative estimate of drug-likeness (QED) is 0.604. The molecule has 0 saturated carbocycles. The van der Waals surface area contributed by atoms with Crippen LogP contribution in [0.1, 0.15) is 27.6 Å². The van der Waals surface area contributed by atoms with Gasteiger partial charge in [-0.2, -0.15) is 0 Å². The van der Waals surface area contributed by atoms with Crippen LogP contribution in [0.15, 0.2) is 55.3 Å². The number of esters is 1. The molecule has 6 heteroatoms. The van der Waals surface area contributed by atoms with Crippen LogP contribution in [-0.4, -0.2) is 30.0 Å². The second kappa shape index (κ2) is 8.47. The third kappa shape index (κ3) is 4.67. The summed E-state index contributed by atoms with van der Waals surface area (Å²) in [6.45, 7) is 6.28. The molecule has 2 aromatic rings. The highest BCUT2D eigenvalue weighted by Crippen LogP contribution is 2.13. The van der Waals surface area contributed by atoms with Gasteiger partial charge in [0.15, 0.2) is 0 Å². The van der Waals surface area contributed by atoms with Crippen molar-refractivity contribution in [3.05, 3.63) is 66.4 Å². The highest BCUT2D eigenvalue weighted by atomic mass is 16.5. The minimum atomic E-state index is -0.387. The number of carbonyl (C=O) groups is 2. The molecule has 0 saturated heterocycles. The van der Waals surface area contributed by atoms with Crippen molar-refractivity contribution in [1.29, 1.82) is 0 Å². The highest BCUT2D eigenvalue weighted by molar-refractivity contribution is 6.04. The SMILES string of the molecule is C=CCNc1ccc(C(=O)Nc2ccc(C(=O)OCC)cc2)cn1. The lowest BCUT2D eigenvalue weighted by molar-refractivity contribution is 0.0526. The van der Waals surface area contributed by atoms with E-state index in [1.165, 1.54) is 6.20 Å². The molecule has 1 aromatic carbocycles. The van der Waals surface area contributed by atoms with E-state index >= 15 is 0 Å². The average molecular weight is 325 g/mol. The summed E-state index contributed by atoms with van der Waals surface area (Å²) >= 11 is 0. The van der Waals surface area contributed by atoms with Crippen molar-refractivity contribution >= 4 is 23.4 Å². The van der Waals surface area contributed by atoms with Crippen LogP contribution in [0.5, 0.6) is 0 Å². The Bertz CT molecular complexity index is 709. The monoisotopic (exact) mass is 325 g/mol. The molecule has 124 valence electrons. The lowest BCUT2D eigenvalue weighted by Gasteiger charge is -2.07. The molecule has 24 heavy (non-hydrogen) atoms. The predicted octanol–water partition coefficient (Wildman–Crippen LogP) is 3.11. The predicted molar refractivity (Wildman–Crippen MR) is 93.3 cm³/mol. The number of ether oxygens (including phenoxy) is 1. The highest BCUT2D eigenvalue weighted by Gasteiger charge is 2.09. The summed E-state index contributed by atoms with van der Waals surface area (Å²) in [7, 11) is 0. The summed E-state index contributed by atoms with van der Waals surface area (Å²) in [6.07, 6.45) is 3.22. The second-order valence-corrected chi connectivity index (χ2v) is 4.85. The van der Waals surface area contributed by atoms with Crippen LogP contribution in [0.25, 0.3) is 0 Å². The molecule has 1 heterocycles. The summed E-state index contributed by atoms with van der Waals surface area (Å²) in [5.74, 6) is 0.00841. The number of anilines is 2. The summed E-state index contributed by atoms with van der Waals surface area (Å²) in [5.41, 5.74) is 1.46. The number of carbonyl (C=O) groups excluding carboxylic acids is 2. The molecule has 2 rings (SSSR count). The van der Waals surface area contributed by atoms with Crippen LogP contribution >= 0.6 is 0 Å². The lowest BCUT2D eigenvalue weighted by Crippen LogP contribution is -2.13. The van der Waals surface area contributed by atoms with Crippen molar-refractivity contribution in [2.45, 2.75) is 6.92 Å². The third-order valence-corrected chi connectivity index (χ3v) is 3.11. The van der Waals surface area contributed by atoms with E-state index in [1.807, 2.05) is 0 Å². The number of pyridine rings is 1. The van der Waals surface area contributed by atoms with E-state index in [-0.39, 0.29) is 11.9 Å². The zero-order chi connectivity index (χ0) is 17.4. The Hall–Kier alpha value is -3.15. The molecule has 0 aliphatic carbocycles. The number of hydrogen-bond acceptors (Lipinski definition) is 5. The maximum absolute atomic E-state index is 12.2. The van der Waals surface area contributed by atoms with Crippen LogP contribution in [-0.2, 0) is 4.74 Å². The molecule has 0 atom stereocenters. The van der Waals surface area contributed by atoms with Crippen LogP contribution in [0, 0.1) is 0 Å². The van der Waals surface area contributed by atoms with Crippen LogP contribution in [0.4, 0.5) is 11.5 Å². The molecule has 1 aromatic heterocycles. The molecule has 0 aliphatic heterocycles. The first kappa shape index (κ1) is 17.2. The Morgan fingerprint density at radius 2 is 1.88 bits per heavy atom. The van der Waals surface area contributed by atoms with Crippen LogP contribution in [0.2, 0.25) is 0 Å². The van der Waals surface area contributed by atoms with Gasteiger partial charge in [-0.15, -0.1) is 6.58 Å². The lowest BCUT2D eigenvalue weighted by atomic mass is 10.2. The minimum Gasteiger partial charge on any atom is -0.462 e. The van der Waals surface area contributed by atoms with Gasteiger partial charge in [0, 0.05) is 18.4 Å². The number of rotatable bonds is 7. The number of aromatic nitrogens is 1. The Balaban J connectivity index is 1.98. The maximum Gasteiger partial charge on any atom is 0.338 e. The molecule has 0 aliphatic rings. The van der Waals surface area contributed by atoms with Gasteiger partial charge in [0.25, 0.3) is 5.91 Å². The van der Waals surface area contributed by atoms with Crippen molar-refractivity contribution in [3.8, 4) is 0 Å². The molecule has 0 spiro atoms. The minimum absolute atomic E-state index is 0.276. The molecular formula is C18H19N3O3. The van der Waals surface area contributed by atoms with Gasteiger partial charge in [0.05, 0.1) is 17.7 Å². The topological polar surface area (TPSA) is 80.3 Å². The van der Waals surface area contributed by atoms with E-state index in [4.69, 9.17) is 4.74 Å². The zero-order valence-electron chi connectivity index (χ0n) is 13.4. The summed E-state index contributed by atoms with van der Waals surface area (Å²) in [4.78, 5) is 27.9. The van der Waals surface area contributed by atoms with E-state index < -0.39 is 0 Å². The molecule has 0 radical (unpaired) electrons. The summed E-state index contributed by atoms with van der Waals surface area (Å²) in [5, 5.41) is 5.78. The molecule has 2 N–H and O–H groups in total. The first-order valence-corrected chi connectivity index (χ1v) is 7.53. The summed E-state index contributed by atoms with van der Waals surface area (Å²) < 4.78 is 4.91. The smallest absolute Gasteiger partial charge is 0.338 e. The molecule has 0 unspecified atom stereocenters. The van der Waals surface area contributed by atoms with Gasteiger partial charge in [0.1, 0.15) is 5.82 Å². The number of benzene rings is 1. The van der Waals surface area contributed by atoms with Crippen molar-refractivity contribution in [3.63, 3.8) is 0 Å². The molecular weight excluding hydrogens is 306 g/mol. The van der Waals surface area contributed by atoms with Gasteiger partial charge in [-0.25, -0.2) is 9.78 Å². The van der Waals surface area contributed by atoms with E-state index in [9.17, 15) is 9.59 Å². The normalized spacial score (nSPS) is 9.88. The Kier molecular flexibility index (Phi) is 6.08. The van der Waals surface area contributed by atoms with E-state index in [0.717, 1.165) is 0 Å². The van der Waals surface area contributed by atoms with Crippen LogP contribution in [0.3, 0.4) is 0 Å². The van der Waals surface area contributed by atoms with Gasteiger partial charge in [-0.1, -0.05) is 6.08 Å². The van der Waals surface area contributed by atoms with E-state index in [1.54, 1.807) is 49.4 Å². The Labute approximate surface area is 140 Å². The van der Waals surface area contributed by atoms with E-state index in [2.05, 4.69) is 22.2 Å². The van der Waals surface area contributed by atoms with Crippen molar-refractivity contribution in [1.82, 2.24) is 4.98 Å².